The van der Waals surface area contributed by atoms with Crippen LogP contribution in [0, 0.1) is 11.3 Å². The molecule has 0 rings (SSSR count). The summed E-state index contributed by atoms with van der Waals surface area (Å²) in [4.78, 5) is 20.4. The van der Waals surface area contributed by atoms with Gasteiger partial charge in [0.1, 0.15) is 0 Å². The summed E-state index contributed by atoms with van der Waals surface area (Å²) in [6, 6.07) is 1.77. The molecule has 0 fully saturated rings. The van der Waals surface area contributed by atoms with Crippen LogP contribution in [0.15, 0.2) is 12.2 Å². The van der Waals surface area contributed by atoms with Crippen molar-refractivity contribution in [2.75, 3.05) is 6.54 Å². The van der Waals surface area contributed by atoms with Gasteiger partial charge in [-0.2, -0.15) is 5.26 Å². The summed E-state index contributed by atoms with van der Waals surface area (Å²) in [6.07, 6.45) is 4.89. The van der Waals surface area contributed by atoms with Gasteiger partial charge in [0.25, 0.3) is 0 Å². The van der Waals surface area contributed by atoms with Gasteiger partial charge in [-0.3, -0.25) is 4.79 Å². The molecule has 0 spiro atoms. The van der Waals surface area contributed by atoms with Crippen molar-refractivity contribution in [3.8, 4) is 6.07 Å². The monoisotopic (exact) mass is 288 g/mol. The normalized spacial score (nSPS) is 12.0. The van der Waals surface area contributed by atoms with Gasteiger partial charge >= 0.3 is 5.97 Å². The van der Waals surface area contributed by atoms with Crippen molar-refractivity contribution in [3.05, 3.63) is 12.2 Å². The minimum absolute atomic E-state index is 0.344. The van der Waals surface area contributed by atoms with Crippen LogP contribution in [0.1, 0.15) is 19.3 Å². The summed E-state index contributed by atoms with van der Waals surface area (Å²) < 4.78 is 0. The molecule has 1 atom stereocenters. The first kappa shape index (κ1) is 14.6. The molecule has 0 aliphatic heterocycles. The third-order valence-electron chi connectivity index (χ3n) is 1.70. The van der Waals surface area contributed by atoms with Crippen LogP contribution in [-0.4, -0.2) is 28.4 Å². The fourth-order valence-electron chi connectivity index (χ4n) is 0.931. The molecule has 1 unspecified atom stereocenters. The molecule has 0 aliphatic carbocycles. The largest absolute Gasteiger partial charge is 0.478 e. The predicted molar refractivity (Wildman–Crippen MR) is 62.0 cm³/mol. The molecular weight excluding hydrogens is 276 g/mol. The Labute approximate surface area is 102 Å². The lowest BCUT2D eigenvalue weighted by Crippen LogP contribution is -2.30. The molecule has 1 amide bonds. The van der Waals surface area contributed by atoms with Crippen LogP contribution in [0.3, 0.4) is 0 Å². The Morgan fingerprint density at radius 2 is 2.19 bits per heavy atom. The van der Waals surface area contributed by atoms with Gasteiger partial charge in [-0.15, -0.1) is 0 Å². The summed E-state index contributed by atoms with van der Waals surface area (Å²) in [5.74, 6) is -1.30. The Balaban J connectivity index is 3.45. The Morgan fingerprint density at radius 1 is 1.50 bits per heavy atom. The predicted octanol–water partition coefficient (Wildman–Crippen LogP) is 1.20. The zero-order valence-electron chi connectivity index (χ0n) is 8.65. The van der Waals surface area contributed by atoms with Crippen LogP contribution in [0.25, 0.3) is 0 Å². The highest BCUT2D eigenvalue weighted by molar-refractivity contribution is 9.10. The number of nitrogens with zero attached hydrogens (tertiary/aromatic N) is 1. The smallest absolute Gasteiger partial charge is 0.327 e. The second-order valence-electron chi connectivity index (χ2n) is 3.02. The maximum Gasteiger partial charge on any atom is 0.327 e. The van der Waals surface area contributed by atoms with Crippen molar-refractivity contribution in [1.82, 2.24) is 5.32 Å². The van der Waals surface area contributed by atoms with E-state index in [0.29, 0.717) is 13.0 Å². The fourth-order valence-corrected chi connectivity index (χ4v) is 1.09. The third-order valence-corrected chi connectivity index (χ3v) is 2.32. The second kappa shape index (κ2) is 8.92. The quantitative estimate of drug-likeness (QED) is 0.418. The van der Waals surface area contributed by atoms with E-state index in [9.17, 15) is 9.59 Å². The molecule has 16 heavy (non-hydrogen) atoms. The van der Waals surface area contributed by atoms with E-state index in [2.05, 4.69) is 21.2 Å². The molecule has 0 bridgehead atoms. The van der Waals surface area contributed by atoms with E-state index in [4.69, 9.17) is 10.4 Å². The number of amides is 1. The van der Waals surface area contributed by atoms with E-state index in [-0.39, 0.29) is 5.91 Å². The molecule has 0 aromatic carbocycles. The molecular formula is C10H13BrN2O3. The number of halogens is 1. The maximum atomic E-state index is 11.1. The Hall–Kier alpha value is -1.35. The fraction of sp³-hybridized carbons (Fsp3) is 0.500. The number of rotatable bonds is 7. The summed E-state index contributed by atoms with van der Waals surface area (Å²) in [7, 11) is 0. The number of carboxylic acids is 1. The molecule has 88 valence electrons. The number of carboxylic acid groups (broad SMARTS) is 1. The first-order valence-electron chi connectivity index (χ1n) is 4.78. The van der Waals surface area contributed by atoms with E-state index < -0.39 is 10.8 Å². The number of nitrogens with one attached hydrogen (secondary N) is 1. The van der Waals surface area contributed by atoms with Crippen molar-refractivity contribution in [1.29, 1.82) is 5.26 Å². The lowest BCUT2D eigenvalue weighted by atomic mass is 10.2. The average Bonchev–Trinajstić information content (AvgIpc) is 2.25. The number of hydrogen-bond acceptors (Lipinski definition) is 3. The van der Waals surface area contributed by atoms with Crippen LogP contribution in [0.4, 0.5) is 0 Å². The first-order chi connectivity index (χ1) is 7.57. The molecule has 0 aliphatic rings. The van der Waals surface area contributed by atoms with Gasteiger partial charge in [0.05, 0.1) is 6.07 Å². The molecule has 0 aromatic heterocycles. The summed E-state index contributed by atoms with van der Waals surface area (Å²) in [6.45, 7) is 0.490. The third kappa shape index (κ3) is 8.00. The molecule has 6 heteroatoms. The van der Waals surface area contributed by atoms with E-state index in [1.165, 1.54) is 0 Å². The SMILES string of the molecule is N#CC(Br)C(=O)NCCCC/C=C\C(=O)O. The number of hydrogen-bond donors (Lipinski definition) is 2. The maximum absolute atomic E-state index is 11.1. The van der Waals surface area contributed by atoms with Gasteiger partial charge < -0.3 is 10.4 Å². The first-order valence-corrected chi connectivity index (χ1v) is 5.70. The molecule has 2 N–H and O–H groups in total. The van der Waals surface area contributed by atoms with Gasteiger partial charge in [-0.1, -0.05) is 22.0 Å². The standard InChI is InChI=1S/C10H13BrN2O3/c11-8(7-12)10(16)13-6-4-2-1-3-5-9(14)15/h3,5,8H,1-2,4,6H2,(H,13,16)(H,14,15)/b5-3-. The van der Waals surface area contributed by atoms with Crippen LogP contribution in [-0.2, 0) is 9.59 Å². The molecule has 0 saturated heterocycles. The minimum Gasteiger partial charge on any atom is -0.478 e. The molecule has 0 saturated carbocycles. The van der Waals surface area contributed by atoms with Crippen LogP contribution >= 0.6 is 15.9 Å². The topological polar surface area (TPSA) is 90.2 Å². The van der Waals surface area contributed by atoms with E-state index >= 15 is 0 Å². The van der Waals surface area contributed by atoms with Crippen molar-refractivity contribution in [3.63, 3.8) is 0 Å². The zero-order valence-corrected chi connectivity index (χ0v) is 10.2. The van der Waals surface area contributed by atoms with Crippen LogP contribution in [0.2, 0.25) is 0 Å². The Morgan fingerprint density at radius 3 is 2.75 bits per heavy atom. The van der Waals surface area contributed by atoms with Gasteiger partial charge in [0.15, 0.2) is 4.83 Å². The highest BCUT2D eigenvalue weighted by Crippen LogP contribution is 1.98. The number of carbonyl (C=O) groups excluding carboxylic acids is 1. The zero-order chi connectivity index (χ0) is 12.4. The Kier molecular flexibility index (Phi) is 8.17. The van der Waals surface area contributed by atoms with E-state index in [1.54, 1.807) is 12.1 Å². The molecule has 0 aromatic rings. The summed E-state index contributed by atoms with van der Waals surface area (Å²) in [5.41, 5.74) is 0. The van der Waals surface area contributed by atoms with Crippen molar-refractivity contribution < 1.29 is 14.7 Å². The number of alkyl halides is 1. The minimum atomic E-state index is -0.954. The van der Waals surface area contributed by atoms with Gasteiger partial charge in [0.2, 0.25) is 5.91 Å². The lowest BCUT2D eigenvalue weighted by molar-refractivity contribution is -0.131. The number of allylic oxidation sites excluding steroid dienone is 1. The summed E-state index contributed by atoms with van der Waals surface area (Å²) >= 11 is 2.90. The van der Waals surface area contributed by atoms with Crippen molar-refractivity contribution >= 4 is 27.8 Å². The number of nitriles is 1. The Bertz CT molecular complexity index is 310. The van der Waals surface area contributed by atoms with E-state index in [0.717, 1.165) is 18.9 Å². The van der Waals surface area contributed by atoms with Gasteiger partial charge in [-0.25, -0.2) is 4.79 Å². The average molecular weight is 289 g/mol. The lowest BCUT2D eigenvalue weighted by Gasteiger charge is -2.03. The number of aliphatic carboxylic acids is 1. The summed E-state index contributed by atoms with van der Waals surface area (Å²) in [5, 5.41) is 19.3. The van der Waals surface area contributed by atoms with Crippen LogP contribution < -0.4 is 5.32 Å². The van der Waals surface area contributed by atoms with Gasteiger partial charge in [0, 0.05) is 12.6 Å². The molecule has 5 nitrogen and oxygen atoms in total. The molecule has 0 heterocycles. The highest BCUT2D eigenvalue weighted by Gasteiger charge is 2.11. The second-order valence-corrected chi connectivity index (χ2v) is 3.93. The number of carbonyl (C=O) groups is 2. The van der Waals surface area contributed by atoms with Gasteiger partial charge in [-0.05, 0) is 19.3 Å². The highest BCUT2D eigenvalue weighted by atomic mass is 79.9. The van der Waals surface area contributed by atoms with Crippen LogP contribution in [0.5, 0.6) is 0 Å². The van der Waals surface area contributed by atoms with Crippen molar-refractivity contribution in [2.24, 2.45) is 0 Å². The molecule has 0 radical (unpaired) electrons. The van der Waals surface area contributed by atoms with Crippen molar-refractivity contribution in [2.45, 2.75) is 24.1 Å². The van der Waals surface area contributed by atoms with E-state index in [1.807, 2.05) is 0 Å². The number of unbranched alkanes of at least 4 members (excludes halogenated alkanes) is 2.